The Labute approximate surface area is 321 Å². The number of aliphatic hydroxyl groups is 3. The number of aliphatic hydroxyl groups excluding tert-OH is 2. The number of carbonyl (C=O) groups excluding carboxylic acids is 1. The van der Waals surface area contributed by atoms with Crippen LogP contribution in [0.15, 0.2) is 115 Å². The maximum absolute atomic E-state index is 14.4. The number of fused-ring (bicyclic) bond motifs is 8. The summed E-state index contributed by atoms with van der Waals surface area (Å²) in [5.74, 6) is 0.504. The van der Waals surface area contributed by atoms with Crippen molar-refractivity contribution in [2.75, 3.05) is 26.8 Å². The van der Waals surface area contributed by atoms with E-state index in [0.29, 0.717) is 75.2 Å². The first kappa shape index (κ1) is 39.6. The maximum Gasteiger partial charge on any atom is 0.193 e. The number of ketones is 1. The van der Waals surface area contributed by atoms with Crippen LogP contribution in [0.25, 0.3) is 0 Å². The first-order valence-corrected chi connectivity index (χ1v) is 19.5. The lowest BCUT2D eigenvalue weighted by Gasteiger charge is -2.46. The lowest BCUT2D eigenvalue weighted by molar-refractivity contribution is -0.0923. The van der Waals surface area contributed by atoms with Crippen LogP contribution in [0.1, 0.15) is 96.5 Å². The Hall–Kier alpha value is -4.11. The molecule has 0 unspecified atom stereocenters. The number of ether oxygens (including phenoxy) is 2. The lowest BCUT2D eigenvalue weighted by Crippen LogP contribution is -2.53. The molecule has 2 bridgehead atoms. The molecule has 1 fully saturated rings. The van der Waals surface area contributed by atoms with Crippen LogP contribution in [0.5, 0.6) is 5.75 Å². The topological polar surface area (TPSA) is 99.5 Å². The molecule has 7 nitrogen and oxygen atoms in total. The molecule has 3 aliphatic carbocycles. The zero-order valence-electron chi connectivity index (χ0n) is 32.1. The molecule has 0 aliphatic heterocycles. The van der Waals surface area contributed by atoms with Gasteiger partial charge in [0.15, 0.2) is 5.78 Å². The zero-order chi connectivity index (χ0) is 38.1. The highest BCUT2D eigenvalue weighted by Crippen LogP contribution is 2.59. The van der Waals surface area contributed by atoms with Gasteiger partial charge in [-0.3, -0.25) is 9.69 Å². The van der Waals surface area contributed by atoms with Crippen LogP contribution in [-0.4, -0.2) is 70.6 Å². The molecule has 0 heterocycles. The number of carbonyl (C=O) groups is 1. The summed E-state index contributed by atoms with van der Waals surface area (Å²) < 4.78 is 11.3. The smallest absolute Gasteiger partial charge is 0.193 e. The predicted molar refractivity (Wildman–Crippen MR) is 214 cm³/mol. The largest absolute Gasteiger partial charge is 0.497 e. The number of rotatable bonds is 13. The van der Waals surface area contributed by atoms with Gasteiger partial charge in [0.1, 0.15) is 5.75 Å². The number of hydrogen-bond acceptors (Lipinski definition) is 7. The maximum atomic E-state index is 14.4. The molecule has 54 heavy (non-hydrogen) atoms. The number of hydrogen-bond donors (Lipinski definition) is 3. The minimum Gasteiger partial charge on any atom is -0.497 e. The van der Waals surface area contributed by atoms with Crippen LogP contribution in [0.3, 0.4) is 0 Å². The van der Waals surface area contributed by atoms with Gasteiger partial charge in [0, 0.05) is 36.2 Å². The molecule has 0 amide bonds. The van der Waals surface area contributed by atoms with Crippen molar-refractivity contribution in [2.45, 2.75) is 95.7 Å². The molecule has 7 rings (SSSR count). The van der Waals surface area contributed by atoms with Crippen molar-refractivity contribution in [2.24, 2.45) is 5.41 Å². The number of allylic oxidation sites excluding steroid dienone is 2. The molecule has 0 spiro atoms. The van der Waals surface area contributed by atoms with Gasteiger partial charge >= 0.3 is 0 Å². The summed E-state index contributed by atoms with van der Waals surface area (Å²) in [6.45, 7) is 6.20. The van der Waals surface area contributed by atoms with E-state index in [1.807, 2.05) is 66.7 Å². The van der Waals surface area contributed by atoms with Gasteiger partial charge < -0.3 is 24.8 Å². The van der Waals surface area contributed by atoms with E-state index < -0.39 is 23.2 Å². The van der Waals surface area contributed by atoms with E-state index >= 15 is 0 Å². The van der Waals surface area contributed by atoms with Crippen LogP contribution in [0.4, 0.5) is 0 Å². The van der Waals surface area contributed by atoms with Crippen LogP contribution in [0, 0.1) is 5.41 Å². The third kappa shape index (κ3) is 9.57. The van der Waals surface area contributed by atoms with E-state index in [2.05, 4.69) is 49.1 Å². The Kier molecular flexibility index (Phi) is 13.2. The van der Waals surface area contributed by atoms with Gasteiger partial charge in [0.05, 0.1) is 38.1 Å². The second kappa shape index (κ2) is 18.0. The summed E-state index contributed by atoms with van der Waals surface area (Å²) in [5, 5.41) is 35.4. The summed E-state index contributed by atoms with van der Waals surface area (Å²) in [4.78, 5) is 16.6. The molecule has 4 aromatic rings. The summed E-state index contributed by atoms with van der Waals surface area (Å²) in [6, 6.07) is 33.5. The number of nitrogens with zero attached hydrogens (tertiary/aromatic N) is 1. The summed E-state index contributed by atoms with van der Waals surface area (Å²) in [5.41, 5.74) is 4.73. The SMILES string of the molecule is COc1ccc(C(=O)c2cc3ccc2[C@@H]2CC[C@@](O)(CN(Cc4ccccc4)C[C@@H](O)COCc4ccccc4)[C@@]2(C)CCC=C(C)CC[C@H](O)C3)cc1. The van der Waals surface area contributed by atoms with Crippen molar-refractivity contribution in [1.82, 2.24) is 4.90 Å². The molecule has 7 heteroatoms. The first-order valence-electron chi connectivity index (χ1n) is 19.5. The highest BCUT2D eigenvalue weighted by atomic mass is 16.5. The van der Waals surface area contributed by atoms with Gasteiger partial charge in [-0.05, 0) is 110 Å². The van der Waals surface area contributed by atoms with Crippen LogP contribution in [-0.2, 0) is 24.3 Å². The van der Waals surface area contributed by atoms with E-state index in [-0.39, 0.29) is 18.3 Å². The Balaban J connectivity index is 1.33. The van der Waals surface area contributed by atoms with E-state index in [1.54, 1.807) is 19.2 Å². The van der Waals surface area contributed by atoms with E-state index in [9.17, 15) is 20.1 Å². The fourth-order valence-electron chi connectivity index (χ4n) is 8.73. The number of methoxy groups -OCH3 is 1. The van der Waals surface area contributed by atoms with E-state index in [4.69, 9.17) is 9.47 Å². The summed E-state index contributed by atoms with van der Waals surface area (Å²) in [7, 11) is 1.61. The summed E-state index contributed by atoms with van der Waals surface area (Å²) in [6.07, 6.45) is 5.65. The minimum atomic E-state index is -1.12. The van der Waals surface area contributed by atoms with E-state index in [0.717, 1.165) is 35.1 Å². The van der Waals surface area contributed by atoms with Crippen molar-refractivity contribution in [3.05, 3.63) is 148 Å². The van der Waals surface area contributed by atoms with Crippen molar-refractivity contribution in [3.8, 4) is 5.75 Å². The lowest BCUT2D eigenvalue weighted by atomic mass is 9.64. The Morgan fingerprint density at radius 2 is 1.63 bits per heavy atom. The predicted octanol–water partition coefficient (Wildman–Crippen LogP) is 8.04. The highest BCUT2D eigenvalue weighted by molar-refractivity contribution is 6.10. The average Bonchev–Trinajstić information content (AvgIpc) is 3.42. The van der Waals surface area contributed by atoms with Crippen LogP contribution in [0.2, 0.25) is 0 Å². The van der Waals surface area contributed by atoms with E-state index in [1.165, 1.54) is 5.57 Å². The molecule has 0 saturated heterocycles. The number of benzene rings is 4. The first-order chi connectivity index (χ1) is 26.1. The van der Waals surface area contributed by atoms with Gasteiger partial charge in [0.25, 0.3) is 0 Å². The molecule has 286 valence electrons. The third-order valence-corrected chi connectivity index (χ3v) is 11.9. The van der Waals surface area contributed by atoms with Crippen molar-refractivity contribution in [3.63, 3.8) is 0 Å². The highest BCUT2D eigenvalue weighted by Gasteiger charge is 2.57. The fraction of sp³-hybridized carbons (Fsp3) is 0.426. The molecule has 3 aliphatic rings. The standard InChI is InChI=1S/C47H57NO6/c1-34-11-10-25-46(2)44(42-23-17-37(27-39(49)20-16-34)28-43(42)45(51)38-18-21-41(53-3)22-19-38)24-26-47(46,52)33-48(29-35-12-6-4-7-13-35)30-40(50)32-54-31-36-14-8-5-9-15-36/h4-9,11-15,17-19,21-23,28,39-40,44,49-50,52H,10,16,20,24-27,29-33H2,1-3H3/t39-,40+,44-,46-,47+/m0/s1. The molecule has 3 N–H and O–H groups in total. The quantitative estimate of drug-likeness (QED) is 0.0946. The van der Waals surface area contributed by atoms with Crippen molar-refractivity contribution in [1.29, 1.82) is 0 Å². The van der Waals surface area contributed by atoms with Gasteiger partial charge in [-0.25, -0.2) is 0 Å². The third-order valence-electron chi connectivity index (χ3n) is 11.9. The molecule has 0 radical (unpaired) electrons. The fourth-order valence-corrected chi connectivity index (χ4v) is 8.73. The van der Waals surface area contributed by atoms with Crippen LogP contribution >= 0.6 is 0 Å². The Morgan fingerprint density at radius 3 is 2.33 bits per heavy atom. The average molecular weight is 732 g/mol. The molecular formula is C47H57NO6. The molecule has 5 atom stereocenters. The molecular weight excluding hydrogens is 675 g/mol. The Bertz CT molecular complexity index is 1840. The summed E-state index contributed by atoms with van der Waals surface area (Å²) >= 11 is 0. The van der Waals surface area contributed by atoms with Gasteiger partial charge in [-0.2, -0.15) is 0 Å². The van der Waals surface area contributed by atoms with Crippen molar-refractivity contribution < 1.29 is 29.6 Å². The Morgan fingerprint density at radius 1 is 0.926 bits per heavy atom. The monoisotopic (exact) mass is 731 g/mol. The van der Waals surface area contributed by atoms with Crippen LogP contribution < -0.4 is 4.74 Å². The second-order valence-electron chi connectivity index (χ2n) is 15.8. The molecule has 0 aromatic heterocycles. The zero-order valence-corrected chi connectivity index (χ0v) is 32.1. The van der Waals surface area contributed by atoms with Gasteiger partial charge in [-0.15, -0.1) is 0 Å². The normalized spacial score (nSPS) is 23.7. The molecule has 4 aromatic carbocycles. The van der Waals surface area contributed by atoms with Crippen molar-refractivity contribution >= 4 is 5.78 Å². The minimum absolute atomic E-state index is 0.0750. The van der Waals surface area contributed by atoms with Gasteiger partial charge in [0.2, 0.25) is 0 Å². The molecule has 1 saturated carbocycles. The second-order valence-corrected chi connectivity index (χ2v) is 15.8. The van der Waals surface area contributed by atoms with Gasteiger partial charge in [-0.1, -0.05) is 91.4 Å².